The van der Waals surface area contributed by atoms with Crippen molar-refractivity contribution in [3.8, 4) is 11.4 Å². The molecule has 1 aliphatic heterocycles. The van der Waals surface area contributed by atoms with Crippen LogP contribution in [0.5, 0.6) is 0 Å². The van der Waals surface area contributed by atoms with Crippen molar-refractivity contribution in [1.29, 1.82) is 0 Å². The molecule has 0 N–H and O–H groups in total. The second-order valence-corrected chi connectivity index (χ2v) is 6.43. The minimum absolute atomic E-state index is 0.0824. The van der Waals surface area contributed by atoms with Gasteiger partial charge in [0.25, 0.3) is 0 Å². The summed E-state index contributed by atoms with van der Waals surface area (Å²) in [5, 5.41) is 13.0. The topological polar surface area (TPSA) is 68.8 Å². The van der Waals surface area contributed by atoms with Crippen molar-refractivity contribution < 1.29 is 4.79 Å². The molecule has 0 spiro atoms. The van der Waals surface area contributed by atoms with Crippen LogP contribution < -0.4 is 0 Å². The average Bonchev–Trinajstić information content (AvgIpc) is 3.17. The Kier molecular flexibility index (Phi) is 3.63. The summed E-state index contributed by atoms with van der Waals surface area (Å²) in [4.78, 5) is 14.7. The molecule has 0 saturated carbocycles. The third-order valence-electron chi connectivity index (χ3n) is 4.85. The van der Waals surface area contributed by atoms with Crippen LogP contribution in [0.25, 0.3) is 11.4 Å². The number of carbonyl (C=O) groups is 1. The summed E-state index contributed by atoms with van der Waals surface area (Å²) in [6, 6.07) is 9.67. The van der Waals surface area contributed by atoms with E-state index in [4.69, 9.17) is 0 Å². The first-order chi connectivity index (χ1) is 12.1. The van der Waals surface area contributed by atoms with E-state index in [1.165, 1.54) is 0 Å². The third kappa shape index (κ3) is 2.52. The highest BCUT2D eigenvalue weighted by atomic mass is 16.2. The van der Waals surface area contributed by atoms with E-state index < -0.39 is 0 Å². The fraction of sp³-hybridized carbons (Fsp3) is 0.333. The van der Waals surface area contributed by atoms with Gasteiger partial charge in [-0.25, -0.2) is 0 Å². The summed E-state index contributed by atoms with van der Waals surface area (Å²) in [5.74, 6) is 1.60. The molecule has 7 heteroatoms. The van der Waals surface area contributed by atoms with Gasteiger partial charge in [0, 0.05) is 19.3 Å². The van der Waals surface area contributed by atoms with Gasteiger partial charge in [0.2, 0.25) is 5.91 Å². The normalized spacial score (nSPS) is 17.0. The lowest BCUT2D eigenvalue weighted by atomic mass is 10.1. The third-order valence-corrected chi connectivity index (χ3v) is 4.85. The lowest BCUT2D eigenvalue weighted by Crippen LogP contribution is -2.41. The van der Waals surface area contributed by atoms with Crippen molar-refractivity contribution >= 4 is 5.91 Å². The maximum absolute atomic E-state index is 12.9. The molecule has 0 radical (unpaired) electrons. The molecule has 3 aromatic rings. The zero-order chi connectivity index (χ0) is 17.6. The van der Waals surface area contributed by atoms with E-state index >= 15 is 0 Å². The Morgan fingerprint density at radius 2 is 1.96 bits per heavy atom. The molecule has 4 rings (SSSR count). The molecule has 1 atom stereocenters. The molecule has 0 bridgehead atoms. The zero-order valence-corrected chi connectivity index (χ0v) is 14.5. The van der Waals surface area contributed by atoms with Crippen molar-refractivity contribution in [2.45, 2.75) is 33.0 Å². The molecular weight excluding hydrogens is 316 g/mol. The van der Waals surface area contributed by atoms with Gasteiger partial charge < -0.3 is 4.90 Å². The highest BCUT2D eigenvalue weighted by Gasteiger charge is 2.34. The van der Waals surface area contributed by atoms with Crippen LogP contribution in [0.4, 0.5) is 0 Å². The molecule has 0 aliphatic carbocycles. The van der Waals surface area contributed by atoms with E-state index in [-0.39, 0.29) is 11.9 Å². The molecular formula is C18H20N6O. The van der Waals surface area contributed by atoms with E-state index in [0.717, 1.165) is 22.6 Å². The summed E-state index contributed by atoms with van der Waals surface area (Å²) in [5.41, 5.74) is 3.03. The maximum Gasteiger partial charge on any atom is 0.246 e. The monoisotopic (exact) mass is 336 g/mol. The molecule has 3 heterocycles. The Morgan fingerprint density at radius 1 is 1.20 bits per heavy atom. The number of benzene rings is 1. The standard InChI is InChI=1S/C18H20N6O/c1-12-15(9-19-22(12)3)17-21-20-16-11-23(18(25)13(2)24(16)17)10-14-7-5-4-6-8-14/h4-9,13H,10-11H2,1-3H3/t13-/m1/s1. The smallest absolute Gasteiger partial charge is 0.246 e. The van der Waals surface area contributed by atoms with Crippen molar-refractivity contribution in [2.24, 2.45) is 7.05 Å². The maximum atomic E-state index is 12.9. The average molecular weight is 336 g/mol. The minimum atomic E-state index is -0.336. The van der Waals surface area contributed by atoms with Gasteiger partial charge in [-0.05, 0) is 19.4 Å². The Labute approximate surface area is 145 Å². The molecule has 1 amide bonds. The van der Waals surface area contributed by atoms with E-state index in [1.54, 1.807) is 10.9 Å². The van der Waals surface area contributed by atoms with E-state index in [1.807, 2.05) is 60.7 Å². The Balaban J connectivity index is 1.69. The number of hydrogen-bond acceptors (Lipinski definition) is 4. The van der Waals surface area contributed by atoms with Gasteiger partial charge >= 0.3 is 0 Å². The molecule has 0 unspecified atom stereocenters. The summed E-state index contributed by atoms with van der Waals surface area (Å²) < 4.78 is 3.74. The number of nitrogens with zero attached hydrogens (tertiary/aromatic N) is 6. The van der Waals surface area contributed by atoms with Gasteiger partial charge in [-0.15, -0.1) is 10.2 Å². The van der Waals surface area contributed by atoms with Crippen LogP contribution in [-0.4, -0.2) is 35.4 Å². The van der Waals surface area contributed by atoms with Gasteiger partial charge in [0.15, 0.2) is 11.6 Å². The van der Waals surface area contributed by atoms with Gasteiger partial charge in [-0.2, -0.15) is 5.10 Å². The van der Waals surface area contributed by atoms with Crippen LogP contribution in [0, 0.1) is 6.92 Å². The second-order valence-electron chi connectivity index (χ2n) is 6.43. The number of aromatic nitrogens is 5. The largest absolute Gasteiger partial charge is 0.329 e. The molecule has 25 heavy (non-hydrogen) atoms. The highest BCUT2D eigenvalue weighted by molar-refractivity contribution is 5.82. The summed E-state index contributed by atoms with van der Waals surface area (Å²) in [6.45, 7) is 4.94. The first kappa shape index (κ1) is 15.6. The van der Waals surface area contributed by atoms with Crippen molar-refractivity contribution in [3.63, 3.8) is 0 Å². The fourth-order valence-electron chi connectivity index (χ4n) is 3.30. The molecule has 0 fully saturated rings. The number of fused-ring (bicyclic) bond motifs is 1. The van der Waals surface area contributed by atoms with Gasteiger partial charge in [0.1, 0.15) is 6.04 Å². The molecule has 1 aliphatic rings. The summed E-state index contributed by atoms with van der Waals surface area (Å²) in [7, 11) is 1.89. The second kappa shape index (κ2) is 5.84. The summed E-state index contributed by atoms with van der Waals surface area (Å²) >= 11 is 0. The lowest BCUT2D eigenvalue weighted by Gasteiger charge is -2.32. The lowest BCUT2D eigenvalue weighted by molar-refractivity contribution is -0.137. The minimum Gasteiger partial charge on any atom is -0.329 e. The Morgan fingerprint density at radius 3 is 2.64 bits per heavy atom. The van der Waals surface area contributed by atoms with Crippen LogP contribution in [0.2, 0.25) is 0 Å². The predicted molar refractivity (Wildman–Crippen MR) is 92.4 cm³/mol. The predicted octanol–water partition coefficient (Wildman–Crippen LogP) is 2.09. The fourth-order valence-corrected chi connectivity index (χ4v) is 3.30. The van der Waals surface area contributed by atoms with Crippen LogP contribution in [0.1, 0.15) is 30.0 Å². The zero-order valence-electron chi connectivity index (χ0n) is 14.5. The van der Waals surface area contributed by atoms with Gasteiger partial charge in [-0.3, -0.25) is 14.0 Å². The first-order valence-corrected chi connectivity index (χ1v) is 8.31. The Hall–Kier alpha value is -2.96. The first-order valence-electron chi connectivity index (χ1n) is 8.31. The molecule has 1 aromatic carbocycles. The molecule has 0 saturated heterocycles. The van der Waals surface area contributed by atoms with E-state index in [2.05, 4.69) is 15.3 Å². The Bertz CT molecular complexity index is 926. The van der Waals surface area contributed by atoms with Crippen molar-refractivity contribution in [1.82, 2.24) is 29.4 Å². The summed E-state index contributed by atoms with van der Waals surface area (Å²) in [6.07, 6.45) is 1.78. The van der Waals surface area contributed by atoms with Crippen LogP contribution in [0.15, 0.2) is 36.5 Å². The molecule has 7 nitrogen and oxygen atoms in total. The number of aryl methyl sites for hydroxylation is 1. The van der Waals surface area contributed by atoms with E-state index in [9.17, 15) is 4.79 Å². The van der Waals surface area contributed by atoms with Crippen LogP contribution in [-0.2, 0) is 24.9 Å². The van der Waals surface area contributed by atoms with Crippen molar-refractivity contribution in [2.75, 3.05) is 0 Å². The number of hydrogen-bond donors (Lipinski definition) is 0. The van der Waals surface area contributed by atoms with Gasteiger partial charge in [-0.1, -0.05) is 30.3 Å². The SMILES string of the molecule is Cc1c(-c2nnc3n2[C@H](C)C(=O)N(Cc2ccccc2)C3)cnn1C. The number of rotatable bonds is 3. The van der Waals surface area contributed by atoms with Gasteiger partial charge in [0.05, 0.1) is 18.3 Å². The number of amides is 1. The molecule has 2 aromatic heterocycles. The van der Waals surface area contributed by atoms with E-state index in [0.29, 0.717) is 18.9 Å². The molecule has 128 valence electrons. The quantitative estimate of drug-likeness (QED) is 0.734. The number of carbonyl (C=O) groups excluding carboxylic acids is 1. The van der Waals surface area contributed by atoms with Crippen LogP contribution in [0.3, 0.4) is 0 Å². The van der Waals surface area contributed by atoms with Crippen molar-refractivity contribution in [3.05, 3.63) is 53.6 Å². The highest BCUT2D eigenvalue weighted by Crippen LogP contribution is 2.30. The van der Waals surface area contributed by atoms with Crippen LogP contribution >= 0.6 is 0 Å².